The lowest BCUT2D eigenvalue weighted by atomic mass is 10.1. The highest BCUT2D eigenvalue weighted by Crippen LogP contribution is 2.27. The monoisotopic (exact) mass is 201 g/mol. The van der Waals surface area contributed by atoms with E-state index in [2.05, 4.69) is 41.4 Å². The molecule has 78 valence electrons. The number of aromatic nitrogens is 2. The van der Waals surface area contributed by atoms with Crippen molar-refractivity contribution in [1.29, 1.82) is 0 Å². The van der Waals surface area contributed by atoms with Crippen molar-refractivity contribution in [1.82, 2.24) is 10.2 Å². The number of hydrogen-bond acceptors (Lipinski definition) is 2. The van der Waals surface area contributed by atoms with Gasteiger partial charge >= 0.3 is 0 Å². The summed E-state index contributed by atoms with van der Waals surface area (Å²) in [6.45, 7) is 2.09. The second kappa shape index (κ2) is 3.77. The normalized spacial score (nSPS) is 10.3. The molecule has 15 heavy (non-hydrogen) atoms. The Balaban J connectivity index is 2.45. The molecule has 0 amide bonds. The van der Waals surface area contributed by atoms with E-state index < -0.39 is 0 Å². The smallest absolute Gasteiger partial charge is 0.131 e. The molecule has 1 heterocycles. The number of rotatable bonds is 2. The molecule has 0 saturated carbocycles. The van der Waals surface area contributed by atoms with Gasteiger partial charge in [0.1, 0.15) is 5.82 Å². The molecule has 3 heteroatoms. The summed E-state index contributed by atoms with van der Waals surface area (Å²) in [4.78, 5) is 2.03. The van der Waals surface area contributed by atoms with Gasteiger partial charge in [-0.25, -0.2) is 0 Å². The molecule has 0 spiro atoms. The second-order valence-electron chi connectivity index (χ2n) is 3.89. The number of aromatic amines is 1. The summed E-state index contributed by atoms with van der Waals surface area (Å²) >= 11 is 0. The van der Waals surface area contributed by atoms with E-state index in [0.717, 1.165) is 11.4 Å². The van der Waals surface area contributed by atoms with Crippen molar-refractivity contribution in [2.24, 2.45) is 0 Å². The average Bonchev–Trinajstić information content (AvgIpc) is 2.67. The lowest BCUT2D eigenvalue weighted by Crippen LogP contribution is -2.10. The zero-order chi connectivity index (χ0) is 10.8. The Kier molecular flexibility index (Phi) is 2.46. The third-order valence-electron chi connectivity index (χ3n) is 2.43. The molecule has 0 radical (unpaired) electrons. The third kappa shape index (κ3) is 1.86. The highest BCUT2D eigenvalue weighted by molar-refractivity contribution is 5.75. The maximum Gasteiger partial charge on any atom is 0.131 e. The SMILES string of the molecule is Cc1ccc(-c2cn[nH]c2N(C)C)cc1. The molecule has 2 rings (SSSR count). The summed E-state index contributed by atoms with van der Waals surface area (Å²) in [5, 5.41) is 7.07. The van der Waals surface area contributed by atoms with Crippen LogP contribution in [0.3, 0.4) is 0 Å². The Hall–Kier alpha value is -1.77. The minimum Gasteiger partial charge on any atom is -0.363 e. The molecular formula is C12H15N3. The standard InChI is InChI=1S/C12H15N3/c1-9-4-6-10(7-5-9)11-8-13-14-12(11)15(2)3/h4-8H,1-3H3,(H,13,14). The molecule has 0 fully saturated rings. The number of benzene rings is 1. The van der Waals surface area contributed by atoms with E-state index in [0.29, 0.717) is 0 Å². The summed E-state index contributed by atoms with van der Waals surface area (Å²) in [6.07, 6.45) is 1.86. The van der Waals surface area contributed by atoms with Crippen LogP contribution in [0, 0.1) is 6.92 Å². The van der Waals surface area contributed by atoms with Crippen molar-refractivity contribution in [3.63, 3.8) is 0 Å². The van der Waals surface area contributed by atoms with Gasteiger partial charge in [-0.05, 0) is 12.5 Å². The van der Waals surface area contributed by atoms with Crippen LogP contribution in [0.4, 0.5) is 5.82 Å². The van der Waals surface area contributed by atoms with Crippen molar-refractivity contribution in [2.45, 2.75) is 6.92 Å². The first kappa shape index (κ1) is 9.77. The van der Waals surface area contributed by atoms with Crippen molar-refractivity contribution in [3.05, 3.63) is 36.0 Å². The van der Waals surface area contributed by atoms with Gasteiger partial charge in [0, 0.05) is 19.7 Å². The third-order valence-corrected chi connectivity index (χ3v) is 2.43. The Morgan fingerprint density at radius 1 is 1.13 bits per heavy atom. The molecule has 2 aromatic rings. The number of aryl methyl sites for hydroxylation is 1. The van der Waals surface area contributed by atoms with E-state index in [-0.39, 0.29) is 0 Å². The maximum absolute atomic E-state index is 4.08. The van der Waals surface area contributed by atoms with Crippen molar-refractivity contribution < 1.29 is 0 Å². The summed E-state index contributed by atoms with van der Waals surface area (Å²) < 4.78 is 0. The molecule has 1 N–H and O–H groups in total. The number of anilines is 1. The number of hydrogen-bond donors (Lipinski definition) is 1. The second-order valence-corrected chi connectivity index (χ2v) is 3.89. The molecule has 0 saturated heterocycles. The zero-order valence-corrected chi connectivity index (χ0v) is 9.28. The van der Waals surface area contributed by atoms with Crippen molar-refractivity contribution >= 4 is 5.82 Å². The van der Waals surface area contributed by atoms with Crippen LogP contribution in [0.15, 0.2) is 30.5 Å². The van der Waals surface area contributed by atoms with Crippen LogP contribution in [0.1, 0.15) is 5.56 Å². The molecule has 0 aliphatic rings. The lowest BCUT2D eigenvalue weighted by molar-refractivity contribution is 1.01. The number of H-pyrrole nitrogens is 1. The highest BCUT2D eigenvalue weighted by Gasteiger charge is 2.08. The fraction of sp³-hybridized carbons (Fsp3) is 0.250. The Bertz CT molecular complexity index is 440. The molecule has 3 nitrogen and oxygen atoms in total. The maximum atomic E-state index is 4.08. The highest BCUT2D eigenvalue weighted by atomic mass is 15.2. The fourth-order valence-corrected chi connectivity index (χ4v) is 1.56. The predicted molar refractivity (Wildman–Crippen MR) is 63.1 cm³/mol. The average molecular weight is 201 g/mol. The molecule has 1 aromatic carbocycles. The minimum absolute atomic E-state index is 1.04. The van der Waals surface area contributed by atoms with Gasteiger partial charge in [0.15, 0.2) is 0 Å². The minimum atomic E-state index is 1.04. The molecule has 0 aliphatic carbocycles. The molecule has 1 aromatic heterocycles. The zero-order valence-electron chi connectivity index (χ0n) is 9.28. The van der Waals surface area contributed by atoms with E-state index in [1.54, 1.807) is 0 Å². The van der Waals surface area contributed by atoms with Crippen LogP contribution in [0.5, 0.6) is 0 Å². The Morgan fingerprint density at radius 2 is 1.80 bits per heavy atom. The van der Waals surface area contributed by atoms with E-state index in [4.69, 9.17) is 0 Å². The van der Waals surface area contributed by atoms with Crippen LogP contribution in [-0.2, 0) is 0 Å². The molecule has 0 bridgehead atoms. The topological polar surface area (TPSA) is 31.9 Å². The number of nitrogens with zero attached hydrogens (tertiary/aromatic N) is 2. The summed E-state index contributed by atoms with van der Waals surface area (Å²) in [6, 6.07) is 8.46. The van der Waals surface area contributed by atoms with Crippen molar-refractivity contribution in [3.8, 4) is 11.1 Å². The quantitative estimate of drug-likeness (QED) is 0.809. The van der Waals surface area contributed by atoms with Gasteiger partial charge in [0.25, 0.3) is 0 Å². The van der Waals surface area contributed by atoms with Gasteiger partial charge in [-0.3, -0.25) is 5.10 Å². The van der Waals surface area contributed by atoms with E-state index in [1.165, 1.54) is 11.1 Å². The van der Waals surface area contributed by atoms with Crippen LogP contribution in [0.2, 0.25) is 0 Å². The van der Waals surface area contributed by atoms with Crippen LogP contribution >= 0.6 is 0 Å². The number of nitrogens with one attached hydrogen (secondary N) is 1. The van der Waals surface area contributed by atoms with Gasteiger partial charge < -0.3 is 4.90 Å². The van der Waals surface area contributed by atoms with E-state index >= 15 is 0 Å². The molecule has 0 unspecified atom stereocenters. The summed E-state index contributed by atoms with van der Waals surface area (Å²) in [5.74, 6) is 1.04. The van der Waals surface area contributed by atoms with Crippen LogP contribution in [-0.4, -0.2) is 24.3 Å². The van der Waals surface area contributed by atoms with Gasteiger partial charge in [-0.1, -0.05) is 29.8 Å². The van der Waals surface area contributed by atoms with Gasteiger partial charge in [0.2, 0.25) is 0 Å². The molecular weight excluding hydrogens is 186 g/mol. The van der Waals surface area contributed by atoms with Gasteiger partial charge in [-0.2, -0.15) is 5.10 Å². The summed E-state index contributed by atoms with van der Waals surface area (Å²) in [7, 11) is 4.01. The van der Waals surface area contributed by atoms with E-state index in [1.807, 2.05) is 25.2 Å². The molecule has 0 atom stereocenters. The first-order valence-corrected chi connectivity index (χ1v) is 4.96. The summed E-state index contributed by atoms with van der Waals surface area (Å²) in [5.41, 5.74) is 3.60. The van der Waals surface area contributed by atoms with Crippen LogP contribution in [0.25, 0.3) is 11.1 Å². The van der Waals surface area contributed by atoms with E-state index in [9.17, 15) is 0 Å². The van der Waals surface area contributed by atoms with Gasteiger partial charge in [-0.15, -0.1) is 0 Å². The predicted octanol–water partition coefficient (Wildman–Crippen LogP) is 2.45. The lowest BCUT2D eigenvalue weighted by Gasteiger charge is -2.11. The molecule has 0 aliphatic heterocycles. The fourth-order valence-electron chi connectivity index (χ4n) is 1.56. The van der Waals surface area contributed by atoms with Crippen LogP contribution < -0.4 is 4.90 Å². The van der Waals surface area contributed by atoms with Gasteiger partial charge in [0.05, 0.1) is 6.20 Å². The Labute approximate surface area is 89.7 Å². The van der Waals surface area contributed by atoms with Crippen molar-refractivity contribution in [2.75, 3.05) is 19.0 Å². The first-order valence-electron chi connectivity index (χ1n) is 4.96. The Morgan fingerprint density at radius 3 is 2.40 bits per heavy atom. The largest absolute Gasteiger partial charge is 0.363 e. The first-order chi connectivity index (χ1) is 7.18.